The second kappa shape index (κ2) is 6.80. The number of nitrogens with zero attached hydrogens (tertiary/aromatic N) is 1. The first-order valence-corrected chi connectivity index (χ1v) is 8.47. The topological polar surface area (TPSA) is 20.3 Å². The zero-order chi connectivity index (χ0) is 16.2. The Morgan fingerprint density at radius 3 is 1.87 bits per heavy atom. The van der Waals surface area contributed by atoms with Crippen LogP contribution in [0, 0.1) is 6.92 Å². The van der Waals surface area contributed by atoms with Crippen molar-refractivity contribution in [1.82, 2.24) is 4.90 Å². The van der Waals surface area contributed by atoms with E-state index in [0.717, 1.165) is 21.6 Å². The standard InChI is InChI=1S/C20H19NOS/c1-15-13-14-23-19(15)20(22)21(2)18(16-9-5-3-6-10-16)17-11-7-4-8-12-17/h3-14,18H,1-2H3. The molecule has 0 bridgehead atoms. The molecule has 1 aromatic heterocycles. The summed E-state index contributed by atoms with van der Waals surface area (Å²) in [7, 11) is 1.88. The van der Waals surface area contributed by atoms with Crippen LogP contribution in [0.2, 0.25) is 0 Å². The van der Waals surface area contributed by atoms with Gasteiger partial charge in [0.2, 0.25) is 0 Å². The lowest BCUT2D eigenvalue weighted by Gasteiger charge is -2.29. The third-order valence-electron chi connectivity index (χ3n) is 3.99. The van der Waals surface area contributed by atoms with Gasteiger partial charge >= 0.3 is 0 Å². The van der Waals surface area contributed by atoms with Crippen molar-refractivity contribution < 1.29 is 4.79 Å². The molecule has 0 saturated carbocycles. The predicted octanol–water partition coefficient (Wildman–Crippen LogP) is 4.92. The van der Waals surface area contributed by atoms with Gasteiger partial charge in [0.15, 0.2) is 0 Å². The summed E-state index contributed by atoms with van der Waals surface area (Å²) >= 11 is 1.50. The number of thiophene rings is 1. The molecule has 0 N–H and O–H groups in total. The lowest BCUT2D eigenvalue weighted by molar-refractivity contribution is 0.0759. The molecular formula is C20H19NOS. The van der Waals surface area contributed by atoms with Gasteiger partial charge in [0.05, 0.1) is 10.9 Å². The van der Waals surface area contributed by atoms with Crippen LogP contribution in [0.5, 0.6) is 0 Å². The molecule has 116 valence electrons. The summed E-state index contributed by atoms with van der Waals surface area (Å²) in [5, 5.41) is 1.97. The molecule has 2 aromatic carbocycles. The molecule has 0 aliphatic heterocycles. The molecule has 0 aliphatic carbocycles. The first-order chi connectivity index (χ1) is 11.2. The van der Waals surface area contributed by atoms with Crippen LogP contribution in [-0.2, 0) is 0 Å². The number of carbonyl (C=O) groups excluding carboxylic acids is 1. The van der Waals surface area contributed by atoms with Crippen molar-refractivity contribution in [2.24, 2.45) is 0 Å². The largest absolute Gasteiger partial charge is 0.330 e. The fourth-order valence-electron chi connectivity index (χ4n) is 2.78. The second-order valence-corrected chi connectivity index (χ2v) is 6.49. The minimum atomic E-state index is -0.0913. The van der Waals surface area contributed by atoms with Gasteiger partial charge in [-0.1, -0.05) is 60.7 Å². The SMILES string of the molecule is Cc1ccsc1C(=O)N(C)C(c1ccccc1)c1ccccc1. The average Bonchev–Trinajstić information content (AvgIpc) is 3.02. The normalized spacial score (nSPS) is 10.7. The highest BCUT2D eigenvalue weighted by Gasteiger charge is 2.25. The Balaban J connectivity index is 2.02. The highest BCUT2D eigenvalue weighted by atomic mass is 32.1. The molecule has 0 fully saturated rings. The first kappa shape index (κ1) is 15.5. The molecule has 2 nitrogen and oxygen atoms in total. The molecule has 0 radical (unpaired) electrons. The number of aryl methyl sites for hydroxylation is 1. The van der Waals surface area contributed by atoms with Gasteiger partial charge in [-0.2, -0.15) is 0 Å². The number of carbonyl (C=O) groups is 1. The van der Waals surface area contributed by atoms with Crippen LogP contribution in [0.3, 0.4) is 0 Å². The molecule has 3 rings (SSSR count). The number of hydrogen-bond acceptors (Lipinski definition) is 2. The van der Waals surface area contributed by atoms with E-state index in [-0.39, 0.29) is 11.9 Å². The Morgan fingerprint density at radius 1 is 0.913 bits per heavy atom. The molecule has 0 atom stereocenters. The fourth-order valence-corrected chi connectivity index (χ4v) is 3.69. The maximum absolute atomic E-state index is 13.0. The lowest BCUT2D eigenvalue weighted by atomic mass is 9.97. The van der Waals surface area contributed by atoms with Crippen molar-refractivity contribution in [1.29, 1.82) is 0 Å². The zero-order valence-electron chi connectivity index (χ0n) is 13.3. The smallest absolute Gasteiger partial charge is 0.264 e. The first-order valence-electron chi connectivity index (χ1n) is 7.59. The molecule has 0 aliphatic rings. The Kier molecular flexibility index (Phi) is 4.58. The van der Waals surface area contributed by atoms with Gasteiger partial charge in [-0.3, -0.25) is 4.79 Å². The van der Waals surface area contributed by atoms with Gasteiger partial charge in [-0.15, -0.1) is 11.3 Å². The van der Waals surface area contributed by atoms with Crippen LogP contribution in [0.4, 0.5) is 0 Å². The second-order valence-electron chi connectivity index (χ2n) is 5.57. The van der Waals surface area contributed by atoms with E-state index in [1.54, 1.807) is 0 Å². The maximum atomic E-state index is 13.0. The molecule has 0 unspecified atom stereocenters. The molecule has 1 amide bonds. The summed E-state index contributed by atoms with van der Waals surface area (Å²) in [6.07, 6.45) is 0. The number of amides is 1. The number of rotatable bonds is 4. The van der Waals surface area contributed by atoms with Gasteiger partial charge < -0.3 is 4.90 Å². The third kappa shape index (κ3) is 3.20. The highest BCUT2D eigenvalue weighted by molar-refractivity contribution is 7.12. The lowest BCUT2D eigenvalue weighted by Crippen LogP contribution is -2.31. The summed E-state index contributed by atoms with van der Waals surface area (Å²) in [6, 6.07) is 22.2. The van der Waals surface area contributed by atoms with Crippen molar-refractivity contribution in [3.05, 3.63) is 93.7 Å². The van der Waals surface area contributed by atoms with Crippen LogP contribution in [0.25, 0.3) is 0 Å². The van der Waals surface area contributed by atoms with Crippen molar-refractivity contribution in [3.63, 3.8) is 0 Å². The molecule has 0 saturated heterocycles. The van der Waals surface area contributed by atoms with Crippen molar-refractivity contribution in [2.45, 2.75) is 13.0 Å². The van der Waals surface area contributed by atoms with E-state index in [1.807, 2.05) is 66.7 Å². The Morgan fingerprint density at radius 2 is 1.43 bits per heavy atom. The van der Waals surface area contributed by atoms with Crippen LogP contribution in [0.15, 0.2) is 72.1 Å². The summed E-state index contributed by atoms with van der Waals surface area (Å²) in [5.41, 5.74) is 3.26. The Hall–Kier alpha value is -2.39. The van der Waals surface area contributed by atoms with Crippen LogP contribution in [0.1, 0.15) is 32.4 Å². The van der Waals surface area contributed by atoms with Crippen LogP contribution in [-0.4, -0.2) is 17.9 Å². The third-order valence-corrected chi connectivity index (χ3v) is 5.00. The van der Waals surface area contributed by atoms with E-state index in [9.17, 15) is 4.79 Å². The molecule has 1 heterocycles. The van der Waals surface area contributed by atoms with Crippen molar-refractivity contribution in [2.75, 3.05) is 7.05 Å². The van der Waals surface area contributed by atoms with E-state index in [2.05, 4.69) is 24.3 Å². The number of hydrogen-bond donors (Lipinski definition) is 0. The van der Waals surface area contributed by atoms with Crippen molar-refractivity contribution in [3.8, 4) is 0 Å². The minimum Gasteiger partial charge on any atom is -0.330 e. The monoisotopic (exact) mass is 321 g/mol. The fraction of sp³-hybridized carbons (Fsp3) is 0.150. The van der Waals surface area contributed by atoms with E-state index >= 15 is 0 Å². The summed E-state index contributed by atoms with van der Waals surface area (Å²) in [6.45, 7) is 1.98. The van der Waals surface area contributed by atoms with E-state index in [0.29, 0.717) is 0 Å². The van der Waals surface area contributed by atoms with Gasteiger partial charge in [-0.05, 0) is 35.1 Å². The Bertz CT molecular complexity index is 740. The van der Waals surface area contributed by atoms with Gasteiger partial charge in [0, 0.05) is 7.05 Å². The summed E-state index contributed by atoms with van der Waals surface area (Å²) in [4.78, 5) is 15.6. The molecule has 0 spiro atoms. The molecule has 3 heteroatoms. The molecule has 3 aromatic rings. The maximum Gasteiger partial charge on any atom is 0.264 e. The number of benzene rings is 2. The van der Waals surface area contributed by atoms with E-state index in [4.69, 9.17) is 0 Å². The minimum absolute atomic E-state index is 0.0650. The summed E-state index contributed by atoms with van der Waals surface area (Å²) < 4.78 is 0. The predicted molar refractivity (Wildman–Crippen MR) is 95.9 cm³/mol. The van der Waals surface area contributed by atoms with Gasteiger partial charge in [0.1, 0.15) is 0 Å². The molecular weight excluding hydrogens is 302 g/mol. The highest BCUT2D eigenvalue weighted by Crippen LogP contribution is 2.30. The quantitative estimate of drug-likeness (QED) is 0.668. The van der Waals surface area contributed by atoms with Gasteiger partial charge in [-0.25, -0.2) is 0 Å². The van der Waals surface area contributed by atoms with Crippen molar-refractivity contribution >= 4 is 17.2 Å². The van der Waals surface area contributed by atoms with Gasteiger partial charge in [0.25, 0.3) is 5.91 Å². The van der Waals surface area contributed by atoms with E-state index in [1.165, 1.54) is 11.3 Å². The Labute approximate surface area is 141 Å². The molecule has 23 heavy (non-hydrogen) atoms. The average molecular weight is 321 g/mol. The zero-order valence-corrected chi connectivity index (χ0v) is 14.1. The summed E-state index contributed by atoms with van der Waals surface area (Å²) in [5.74, 6) is 0.0650. The van der Waals surface area contributed by atoms with Crippen LogP contribution >= 0.6 is 11.3 Å². The van der Waals surface area contributed by atoms with Crippen LogP contribution < -0.4 is 0 Å². The van der Waals surface area contributed by atoms with E-state index < -0.39 is 0 Å².